The molecule has 4 heteroatoms. The molecule has 0 bridgehead atoms. The van der Waals surface area contributed by atoms with E-state index in [1.54, 1.807) is 0 Å². The third kappa shape index (κ3) is 3.47. The van der Waals surface area contributed by atoms with Crippen LogP contribution in [0.2, 0.25) is 0 Å². The summed E-state index contributed by atoms with van der Waals surface area (Å²) in [6.07, 6.45) is 3.23. The van der Waals surface area contributed by atoms with Crippen molar-refractivity contribution in [1.29, 1.82) is 0 Å². The zero-order valence-electron chi connectivity index (χ0n) is 11.8. The maximum absolute atomic E-state index is 12.0. The Labute approximate surface area is 115 Å². The number of carbonyl (C=O) groups excluding carboxylic acids is 1. The fourth-order valence-corrected chi connectivity index (χ4v) is 2.43. The van der Waals surface area contributed by atoms with Gasteiger partial charge in [0.15, 0.2) is 0 Å². The molecule has 1 fully saturated rings. The zero-order chi connectivity index (χ0) is 13.7. The fourth-order valence-electron chi connectivity index (χ4n) is 2.43. The van der Waals surface area contributed by atoms with Crippen LogP contribution in [-0.4, -0.2) is 38.1 Å². The molecule has 2 rings (SSSR count). The van der Waals surface area contributed by atoms with Gasteiger partial charge in [-0.15, -0.1) is 0 Å². The summed E-state index contributed by atoms with van der Waals surface area (Å²) in [6.45, 7) is 1.52. The van der Waals surface area contributed by atoms with Gasteiger partial charge in [0.25, 0.3) is 0 Å². The molecule has 0 aromatic heterocycles. The number of likely N-dealkylation sites (N-methyl/N-ethyl adjacent to an activating group) is 1. The minimum atomic E-state index is -0.149. The lowest BCUT2D eigenvalue weighted by atomic mass is 9.72. The van der Waals surface area contributed by atoms with Crippen molar-refractivity contribution in [3.8, 4) is 0 Å². The molecule has 2 amide bonds. The van der Waals surface area contributed by atoms with E-state index in [9.17, 15) is 4.79 Å². The minimum Gasteiger partial charge on any atom is -0.337 e. The lowest BCUT2D eigenvalue weighted by molar-refractivity contribution is 0.177. The molecule has 0 heterocycles. The molecule has 0 spiro atoms. The quantitative estimate of drug-likeness (QED) is 0.850. The molecular formula is C15H23N3O. The van der Waals surface area contributed by atoms with Gasteiger partial charge in [0, 0.05) is 13.1 Å². The van der Waals surface area contributed by atoms with Crippen molar-refractivity contribution in [2.45, 2.75) is 24.8 Å². The first kappa shape index (κ1) is 13.9. The summed E-state index contributed by atoms with van der Waals surface area (Å²) in [5.41, 5.74) is 1.06. The lowest BCUT2D eigenvalue weighted by Gasteiger charge is -2.43. The van der Waals surface area contributed by atoms with Gasteiger partial charge in [-0.1, -0.05) is 30.3 Å². The Morgan fingerprint density at radius 3 is 2.47 bits per heavy atom. The van der Waals surface area contributed by atoms with Gasteiger partial charge in [0.05, 0.1) is 5.54 Å². The van der Waals surface area contributed by atoms with Crippen LogP contribution in [0.25, 0.3) is 0 Å². The molecule has 0 saturated heterocycles. The van der Waals surface area contributed by atoms with Gasteiger partial charge in [-0.2, -0.15) is 0 Å². The van der Waals surface area contributed by atoms with E-state index in [1.165, 1.54) is 12.0 Å². The van der Waals surface area contributed by atoms with Crippen molar-refractivity contribution in [1.82, 2.24) is 15.5 Å². The molecule has 1 saturated carbocycles. The SMILES string of the molecule is CN(C)CCNC(=O)NC1(c2ccccc2)CCC1. The van der Waals surface area contributed by atoms with Crippen molar-refractivity contribution in [3.05, 3.63) is 35.9 Å². The number of urea groups is 1. The molecule has 0 atom stereocenters. The first-order valence-electron chi connectivity index (χ1n) is 6.89. The second-order valence-electron chi connectivity index (χ2n) is 5.49. The molecule has 0 aliphatic heterocycles. The normalized spacial score (nSPS) is 16.8. The number of hydrogen-bond acceptors (Lipinski definition) is 2. The van der Waals surface area contributed by atoms with Crippen LogP contribution >= 0.6 is 0 Å². The Hall–Kier alpha value is -1.55. The zero-order valence-corrected chi connectivity index (χ0v) is 11.8. The summed E-state index contributed by atoms with van der Waals surface area (Å²) in [4.78, 5) is 14.0. The lowest BCUT2D eigenvalue weighted by Crippen LogP contribution is -2.54. The van der Waals surface area contributed by atoms with E-state index in [4.69, 9.17) is 0 Å². The molecule has 1 aliphatic carbocycles. The molecule has 104 valence electrons. The van der Waals surface area contributed by atoms with E-state index in [0.29, 0.717) is 6.54 Å². The summed E-state index contributed by atoms with van der Waals surface area (Å²) < 4.78 is 0. The summed E-state index contributed by atoms with van der Waals surface area (Å²) in [7, 11) is 3.99. The molecule has 0 radical (unpaired) electrons. The topological polar surface area (TPSA) is 44.4 Å². The predicted molar refractivity (Wildman–Crippen MR) is 77.1 cm³/mol. The van der Waals surface area contributed by atoms with Gasteiger partial charge in [-0.05, 0) is 38.9 Å². The van der Waals surface area contributed by atoms with Crippen LogP contribution in [0.3, 0.4) is 0 Å². The van der Waals surface area contributed by atoms with Gasteiger partial charge in [0.1, 0.15) is 0 Å². The van der Waals surface area contributed by atoms with E-state index in [2.05, 4.69) is 27.7 Å². The molecular weight excluding hydrogens is 238 g/mol. The number of rotatable bonds is 5. The van der Waals surface area contributed by atoms with Crippen molar-refractivity contribution in [3.63, 3.8) is 0 Å². The van der Waals surface area contributed by atoms with E-state index in [0.717, 1.165) is 19.4 Å². The highest BCUT2D eigenvalue weighted by molar-refractivity contribution is 5.75. The monoisotopic (exact) mass is 261 g/mol. The largest absolute Gasteiger partial charge is 0.337 e. The third-order valence-electron chi connectivity index (χ3n) is 3.73. The summed E-state index contributed by atoms with van der Waals surface area (Å²) in [5, 5.41) is 6.07. The van der Waals surface area contributed by atoms with Crippen LogP contribution in [0.4, 0.5) is 4.79 Å². The van der Waals surface area contributed by atoms with E-state index >= 15 is 0 Å². The summed E-state index contributed by atoms with van der Waals surface area (Å²) >= 11 is 0. The average molecular weight is 261 g/mol. The van der Waals surface area contributed by atoms with Gasteiger partial charge >= 0.3 is 6.03 Å². The molecule has 2 N–H and O–H groups in total. The predicted octanol–water partition coefficient (Wildman–Crippen LogP) is 1.93. The van der Waals surface area contributed by atoms with Crippen LogP contribution in [0.15, 0.2) is 30.3 Å². The first-order valence-corrected chi connectivity index (χ1v) is 6.89. The smallest absolute Gasteiger partial charge is 0.315 e. The molecule has 4 nitrogen and oxygen atoms in total. The Bertz CT molecular complexity index is 413. The average Bonchev–Trinajstić information content (AvgIpc) is 2.34. The summed E-state index contributed by atoms with van der Waals surface area (Å²) in [5.74, 6) is 0. The number of nitrogens with zero attached hydrogens (tertiary/aromatic N) is 1. The van der Waals surface area contributed by atoms with Crippen LogP contribution in [-0.2, 0) is 5.54 Å². The number of hydrogen-bond donors (Lipinski definition) is 2. The Balaban J connectivity index is 1.91. The van der Waals surface area contributed by atoms with Crippen molar-refractivity contribution >= 4 is 6.03 Å². The van der Waals surface area contributed by atoms with E-state index in [1.807, 2.05) is 32.3 Å². The standard InChI is InChI=1S/C15H23N3O/c1-18(2)12-11-16-14(19)17-15(9-6-10-15)13-7-4-3-5-8-13/h3-5,7-8H,6,9-12H2,1-2H3,(H2,16,17,19). The van der Waals surface area contributed by atoms with E-state index in [-0.39, 0.29) is 11.6 Å². The molecule has 0 unspecified atom stereocenters. The van der Waals surface area contributed by atoms with Gasteiger partial charge in [-0.25, -0.2) is 4.79 Å². The molecule has 1 aromatic rings. The highest BCUT2D eigenvalue weighted by atomic mass is 16.2. The van der Waals surface area contributed by atoms with Gasteiger partial charge < -0.3 is 15.5 Å². The van der Waals surface area contributed by atoms with Gasteiger partial charge in [0.2, 0.25) is 0 Å². The van der Waals surface area contributed by atoms with E-state index < -0.39 is 0 Å². The number of carbonyl (C=O) groups is 1. The van der Waals surface area contributed by atoms with Crippen LogP contribution in [0, 0.1) is 0 Å². The van der Waals surface area contributed by atoms with Crippen molar-refractivity contribution < 1.29 is 4.79 Å². The summed E-state index contributed by atoms with van der Waals surface area (Å²) in [6, 6.07) is 10.2. The minimum absolute atomic E-state index is 0.0644. The van der Waals surface area contributed by atoms with Crippen LogP contribution in [0.5, 0.6) is 0 Å². The van der Waals surface area contributed by atoms with Crippen molar-refractivity contribution in [2.24, 2.45) is 0 Å². The maximum atomic E-state index is 12.0. The number of benzene rings is 1. The van der Waals surface area contributed by atoms with Crippen molar-refractivity contribution in [2.75, 3.05) is 27.2 Å². The van der Waals surface area contributed by atoms with Crippen LogP contribution < -0.4 is 10.6 Å². The fraction of sp³-hybridized carbons (Fsp3) is 0.533. The molecule has 19 heavy (non-hydrogen) atoms. The first-order chi connectivity index (χ1) is 9.12. The van der Waals surface area contributed by atoms with Gasteiger partial charge in [-0.3, -0.25) is 0 Å². The second kappa shape index (κ2) is 6.06. The Kier molecular flexibility index (Phi) is 4.43. The highest BCUT2D eigenvalue weighted by Gasteiger charge is 2.39. The van der Waals surface area contributed by atoms with Crippen LogP contribution in [0.1, 0.15) is 24.8 Å². The highest BCUT2D eigenvalue weighted by Crippen LogP contribution is 2.40. The molecule has 1 aliphatic rings. The maximum Gasteiger partial charge on any atom is 0.315 e. The number of nitrogens with one attached hydrogen (secondary N) is 2. The second-order valence-corrected chi connectivity index (χ2v) is 5.49. The number of amides is 2. The third-order valence-corrected chi connectivity index (χ3v) is 3.73. The Morgan fingerprint density at radius 2 is 1.95 bits per heavy atom. The Morgan fingerprint density at radius 1 is 1.26 bits per heavy atom. The molecule has 1 aromatic carbocycles.